The molecule has 0 saturated heterocycles. The van der Waals surface area contributed by atoms with Crippen LogP contribution in [0.3, 0.4) is 0 Å². The molecule has 0 aliphatic carbocycles. The van der Waals surface area contributed by atoms with Crippen molar-refractivity contribution in [3.8, 4) is 0 Å². The summed E-state index contributed by atoms with van der Waals surface area (Å²) >= 11 is 0. The molecule has 0 radical (unpaired) electrons. The number of nitrogens with one attached hydrogen (secondary N) is 1. The lowest BCUT2D eigenvalue weighted by Gasteiger charge is -2.23. The molecule has 0 spiro atoms. The van der Waals surface area contributed by atoms with Crippen LogP contribution in [0.4, 0.5) is 11.5 Å². The Morgan fingerprint density at radius 2 is 1.68 bits per heavy atom. The third-order valence-corrected chi connectivity index (χ3v) is 3.99. The highest BCUT2D eigenvalue weighted by Gasteiger charge is 2.14. The molecule has 0 saturated carbocycles. The Labute approximate surface area is 150 Å². The first-order valence-corrected chi connectivity index (χ1v) is 9.08. The lowest BCUT2D eigenvalue weighted by molar-refractivity contribution is 0.102. The van der Waals surface area contributed by atoms with Crippen LogP contribution in [0.2, 0.25) is 0 Å². The highest BCUT2D eigenvalue weighted by molar-refractivity contribution is 6.03. The van der Waals surface area contributed by atoms with Crippen LogP contribution in [0.5, 0.6) is 0 Å². The van der Waals surface area contributed by atoms with Gasteiger partial charge in [-0.1, -0.05) is 32.9 Å². The average Bonchev–Trinajstić information content (AvgIpc) is 2.61. The molecule has 5 nitrogen and oxygen atoms in total. The molecule has 0 unspecified atom stereocenters. The number of benzene rings is 1. The number of aromatic nitrogens is 2. The summed E-state index contributed by atoms with van der Waals surface area (Å²) < 4.78 is 0. The predicted molar refractivity (Wildman–Crippen MR) is 103 cm³/mol. The van der Waals surface area contributed by atoms with Crippen molar-refractivity contribution in [1.82, 2.24) is 9.97 Å². The van der Waals surface area contributed by atoms with Crippen molar-refractivity contribution in [3.63, 3.8) is 0 Å². The van der Waals surface area contributed by atoms with Crippen molar-refractivity contribution in [3.05, 3.63) is 47.4 Å². The van der Waals surface area contributed by atoms with Gasteiger partial charge in [0.1, 0.15) is 17.3 Å². The molecule has 0 bridgehead atoms. The zero-order valence-electron chi connectivity index (χ0n) is 15.7. The van der Waals surface area contributed by atoms with Gasteiger partial charge in [0.2, 0.25) is 0 Å². The Hall–Kier alpha value is -2.43. The monoisotopic (exact) mass is 340 g/mol. The van der Waals surface area contributed by atoms with Crippen LogP contribution in [0.15, 0.2) is 30.3 Å². The molecule has 2 rings (SSSR count). The minimum atomic E-state index is -0.205. The van der Waals surface area contributed by atoms with Gasteiger partial charge in [-0.25, -0.2) is 9.97 Å². The standard InChI is InChI=1S/C20H28N4O/c1-5-12-24(13-6-2)19-14-18(21-15(4)22-19)20(25)23-17-10-8-16(7-3)9-11-17/h8-11,14H,5-7,12-13H2,1-4H3,(H,23,25). The third-order valence-electron chi connectivity index (χ3n) is 3.99. The fourth-order valence-corrected chi connectivity index (χ4v) is 2.73. The van der Waals surface area contributed by atoms with Gasteiger partial charge in [0, 0.05) is 24.8 Å². The van der Waals surface area contributed by atoms with E-state index in [1.165, 1.54) is 5.56 Å². The van der Waals surface area contributed by atoms with E-state index in [0.29, 0.717) is 11.5 Å². The van der Waals surface area contributed by atoms with Gasteiger partial charge in [0.15, 0.2) is 0 Å². The van der Waals surface area contributed by atoms with Gasteiger partial charge in [-0.15, -0.1) is 0 Å². The lowest BCUT2D eigenvalue weighted by Crippen LogP contribution is -2.27. The van der Waals surface area contributed by atoms with Gasteiger partial charge in [-0.2, -0.15) is 0 Å². The Kier molecular flexibility index (Phi) is 6.92. The van der Waals surface area contributed by atoms with Crippen molar-refractivity contribution >= 4 is 17.4 Å². The minimum Gasteiger partial charge on any atom is -0.357 e. The highest BCUT2D eigenvalue weighted by Crippen LogP contribution is 2.16. The summed E-state index contributed by atoms with van der Waals surface area (Å²) in [5, 5.41) is 2.92. The second-order valence-electron chi connectivity index (χ2n) is 6.15. The van der Waals surface area contributed by atoms with Gasteiger partial charge in [0.25, 0.3) is 5.91 Å². The van der Waals surface area contributed by atoms with Crippen LogP contribution in [0.1, 0.15) is 55.5 Å². The predicted octanol–water partition coefficient (Wildman–Crippen LogP) is 4.23. The number of anilines is 2. The number of amides is 1. The van der Waals surface area contributed by atoms with Crippen molar-refractivity contribution in [2.75, 3.05) is 23.3 Å². The molecule has 0 aliphatic rings. The van der Waals surface area contributed by atoms with E-state index in [2.05, 4.69) is 41.0 Å². The molecule has 25 heavy (non-hydrogen) atoms. The van der Waals surface area contributed by atoms with Crippen LogP contribution in [0.25, 0.3) is 0 Å². The maximum Gasteiger partial charge on any atom is 0.274 e. The SMILES string of the molecule is CCCN(CCC)c1cc(C(=O)Nc2ccc(CC)cc2)nc(C)n1. The molecule has 5 heteroatoms. The Balaban J connectivity index is 2.20. The first-order chi connectivity index (χ1) is 12.1. The van der Waals surface area contributed by atoms with Crippen LogP contribution < -0.4 is 10.2 Å². The Bertz CT molecular complexity index is 691. The topological polar surface area (TPSA) is 58.1 Å². The maximum absolute atomic E-state index is 12.6. The fourth-order valence-electron chi connectivity index (χ4n) is 2.73. The molecular weight excluding hydrogens is 312 g/mol. The van der Waals surface area contributed by atoms with E-state index in [4.69, 9.17) is 0 Å². The van der Waals surface area contributed by atoms with Gasteiger partial charge in [-0.3, -0.25) is 4.79 Å². The van der Waals surface area contributed by atoms with E-state index in [1.807, 2.05) is 31.2 Å². The minimum absolute atomic E-state index is 0.205. The molecule has 1 heterocycles. The van der Waals surface area contributed by atoms with Gasteiger partial charge < -0.3 is 10.2 Å². The quantitative estimate of drug-likeness (QED) is 0.781. The number of aryl methyl sites for hydroxylation is 2. The smallest absolute Gasteiger partial charge is 0.274 e. The molecule has 1 N–H and O–H groups in total. The summed E-state index contributed by atoms with van der Waals surface area (Å²) in [5.74, 6) is 1.23. The van der Waals surface area contributed by atoms with Crippen molar-refractivity contribution in [1.29, 1.82) is 0 Å². The zero-order chi connectivity index (χ0) is 18.2. The van der Waals surface area contributed by atoms with Crippen LogP contribution in [-0.2, 0) is 6.42 Å². The van der Waals surface area contributed by atoms with E-state index in [9.17, 15) is 4.79 Å². The number of hydrogen-bond donors (Lipinski definition) is 1. The fraction of sp³-hybridized carbons (Fsp3) is 0.450. The summed E-state index contributed by atoms with van der Waals surface area (Å²) in [6, 6.07) is 9.68. The first kappa shape index (κ1) is 18.9. The average molecular weight is 340 g/mol. The number of carbonyl (C=O) groups excluding carboxylic acids is 1. The van der Waals surface area contributed by atoms with Crippen molar-refractivity contribution in [2.45, 2.75) is 47.0 Å². The van der Waals surface area contributed by atoms with Crippen LogP contribution in [0, 0.1) is 6.92 Å². The second-order valence-corrected chi connectivity index (χ2v) is 6.15. The van der Waals surface area contributed by atoms with Crippen molar-refractivity contribution in [2.24, 2.45) is 0 Å². The molecule has 0 fully saturated rings. The third kappa shape index (κ3) is 5.28. The van der Waals surface area contributed by atoms with Crippen molar-refractivity contribution < 1.29 is 4.79 Å². The summed E-state index contributed by atoms with van der Waals surface area (Å²) in [5.41, 5.74) is 2.42. The van der Waals surface area contributed by atoms with E-state index in [-0.39, 0.29) is 5.91 Å². The zero-order valence-corrected chi connectivity index (χ0v) is 15.7. The number of rotatable bonds is 8. The molecular formula is C20H28N4O. The highest BCUT2D eigenvalue weighted by atomic mass is 16.1. The maximum atomic E-state index is 12.6. The first-order valence-electron chi connectivity index (χ1n) is 9.08. The van der Waals surface area contributed by atoms with Gasteiger partial charge in [-0.05, 0) is 43.9 Å². The molecule has 1 aromatic carbocycles. The normalized spacial score (nSPS) is 10.6. The van der Waals surface area contributed by atoms with E-state index in [0.717, 1.165) is 43.9 Å². The molecule has 1 aromatic heterocycles. The van der Waals surface area contributed by atoms with E-state index in [1.54, 1.807) is 6.07 Å². The second kappa shape index (κ2) is 9.16. The Morgan fingerprint density at radius 3 is 2.24 bits per heavy atom. The lowest BCUT2D eigenvalue weighted by atomic mass is 10.1. The van der Waals surface area contributed by atoms with Crippen LogP contribution >= 0.6 is 0 Å². The number of carbonyl (C=O) groups is 1. The molecule has 0 aliphatic heterocycles. The molecule has 0 atom stereocenters. The van der Waals surface area contributed by atoms with E-state index < -0.39 is 0 Å². The molecule has 1 amide bonds. The van der Waals surface area contributed by atoms with Gasteiger partial charge >= 0.3 is 0 Å². The van der Waals surface area contributed by atoms with Gasteiger partial charge in [0.05, 0.1) is 0 Å². The largest absolute Gasteiger partial charge is 0.357 e. The number of hydrogen-bond acceptors (Lipinski definition) is 4. The molecule has 134 valence electrons. The Morgan fingerprint density at radius 1 is 1.04 bits per heavy atom. The number of nitrogens with zero attached hydrogens (tertiary/aromatic N) is 3. The summed E-state index contributed by atoms with van der Waals surface area (Å²) in [4.78, 5) is 23.6. The summed E-state index contributed by atoms with van der Waals surface area (Å²) in [6.45, 7) is 10.1. The summed E-state index contributed by atoms with van der Waals surface area (Å²) in [7, 11) is 0. The summed E-state index contributed by atoms with van der Waals surface area (Å²) in [6.07, 6.45) is 3.05. The molecule has 2 aromatic rings. The van der Waals surface area contributed by atoms with Crippen LogP contribution in [-0.4, -0.2) is 29.0 Å². The van der Waals surface area contributed by atoms with E-state index >= 15 is 0 Å².